The van der Waals surface area contributed by atoms with E-state index >= 15 is 0 Å². The first kappa shape index (κ1) is 10.7. The number of ketones is 1. The van der Waals surface area contributed by atoms with Crippen molar-refractivity contribution in [2.24, 2.45) is 0 Å². The maximum absolute atomic E-state index is 11.5. The summed E-state index contributed by atoms with van der Waals surface area (Å²) >= 11 is 11.7. The zero-order chi connectivity index (χ0) is 11.0. The standard InChI is InChI=1S/C10H10Cl2N2O/c1-6-7(3-2-4-8(6)15)14-5-13-9(11)10(14)12/h5H,2-4H2,1H3. The van der Waals surface area contributed by atoms with E-state index in [1.807, 2.05) is 6.92 Å². The molecular weight excluding hydrogens is 235 g/mol. The SMILES string of the molecule is CC1=C(n2cnc(Cl)c2Cl)CCCC1=O. The molecule has 0 bridgehead atoms. The monoisotopic (exact) mass is 244 g/mol. The molecule has 0 aromatic carbocycles. The third kappa shape index (κ3) is 1.82. The van der Waals surface area contributed by atoms with E-state index in [-0.39, 0.29) is 10.9 Å². The van der Waals surface area contributed by atoms with Crippen molar-refractivity contribution < 1.29 is 4.79 Å². The molecule has 0 atom stereocenters. The lowest BCUT2D eigenvalue weighted by atomic mass is 9.96. The Morgan fingerprint density at radius 2 is 2.13 bits per heavy atom. The molecule has 2 rings (SSSR count). The average molecular weight is 245 g/mol. The molecule has 0 aliphatic heterocycles. The normalized spacial score (nSPS) is 17.4. The minimum absolute atomic E-state index is 0.178. The predicted molar refractivity (Wildman–Crippen MR) is 60.0 cm³/mol. The molecule has 0 saturated carbocycles. The molecular formula is C10H10Cl2N2O. The minimum atomic E-state index is 0.178. The highest BCUT2D eigenvalue weighted by atomic mass is 35.5. The number of hydrogen-bond donors (Lipinski definition) is 0. The molecule has 3 nitrogen and oxygen atoms in total. The molecule has 1 aromatic rings. The number of aromatic nitrogens is 2. The molecule has 5 heteroatoms. The first-order valence-electron chi connectivity index (χ1n) is 4.73. The molecule has 1 aliphatic carbocycles. The molecule has 0 saturated heterocycles. The van der Waals surface area contributed by atoms with Gasteiger partial charge in [-0.25, -0.2) is 4.98 Å². The van der Waals surface area contributed by atoms with Crippen LogP contribution in [0.2, 0.25) is 10.3 Å². The van der Waals surface area contributed by atoms with E-state index in [1.165, 1.54) is 0 Å². The summed E-state index contributed by atoms with van der Waals surface area (Å²) < 4.78 is 1.69. The Bertz CT molecular complexity index is 448. The quantitative estimate of drug-likeness (QED) is 0.761. The third-order valence-electron chi connectivity index (χ3n) is 2.63. The maximum Gasteiger partial charge on any atom is 0.166 e. The second-order valence-corrected chi connectivity index (χ2v) is 4.26. The summed E-state index contributed by atoms with van der Waals surface area (Å²) in [5.41, 5.74) is 1.67. The van der Waals surface area contributed by atoms with E-state index < -0.39 is 0 Å². The largest absolute Gasteiger partial charge is 0.294 e. The Labute approximate surface area is 97.7 Å². The van der Waals surface area contributed by atoms with Gasteiger partial charge in [0.05, 0.1) is 0 Å². The number of nitrogens with zero attached hydrogens (tertiary/aromatic N) is 2. The van der Waals surface area contributed by atoms with E-state index in [1.54, 1.807) is 10.9 Å². The molecule has 0 unspecified atom stereocenters. The summed E-state index contributed by atoms with van der Waals surface area (Å²) in [6.45, 7) is 1.82. The van der Waals surface area contributed by atoms with Crippen LogP contribution < -0.4 is 0 Å². The fraction of sp³-hybridized carbons (Fsp3) is 0.400. The second kappa shape index (κ2) is 3.99. The summed E-state index contributed by atoms with van der Waals surface area (Å²) in [6, 6.07) is 0. The van der Waals surface area contributed by atoms with E-state index in [0.29, 0.717) is 11.6 Å². The number of hydrogen-bond acceptors (Lipinski definition) is 2. The van der Waals surface area contributed by atoms with Crippen molar-refractivity contribution >= 4 is 34.7 Å². The summed E-state index contributed by atoms with van der Waals surface area (Å²) in [5.74, 6) is 0.178. The predicted octanol–water partition coefficient (Wildman–Crippen LogP) is 3.17. The summed E-state index contributed by atoms with van der Waals surface area (Å²) in [7, 11) is 0. The minimum Gasteiger partial charge on any atom is -0.294 e. The van der Waals surface area contributed by atoms with Gasteiger partial charge in [0.15, 0.2) is 16.1 Å². The van der Waals surface area contributed by atoms with Crippen molar-refractivity contribution in [2.45, 2.75) is 26.2 Å². The number of imidazole rings is 1. The van der Waals surface area contributed by atoms with Crippen LogP contribution in [0.1, 0.15) is 26.2 Å². The van der Waals surface area contributed by atoms with Crippen LogP contribution in [0, 0.1) is 0 Å². The van der Waals surface area contributed by atoms with Gasteiger partial charge < -0.3 is 0 Å². The highest BCUT2D eigenvalue weighted by Crippen LogP contribution is 2.30. The van der Waals surface area contributed by atoms with Crippen LogP contribution in [0.25, 0.3) is 5.70 Å². The van der Waals surface area contributed by atoms with Gasteiger partial charge in [0.25, 0.3) is 0 Å². The van der Waals surface area contributed by atoms with Crippen LogP contribution in [-0.2, 0) is 4.79 Å². The van der Waals surface area contributed by atoms with E-state index in [2.05, 4.69) is 4.98 Å². The molecule has 1 aromatic heterocycles. The molecule has 80 valence electrons. The van der Waals surface area contributed by atoms with Crippen molar-refractivity contribution in [1.29, 1.82) is 0 Å². The van der Waals surface area contributed by atoms with Crippen LogP contribution in [0.5, 0.6) is 0 Å². The lowest BCUT2D eigenvalue weighted by Gasteiger charge is -2.17. The number of allylic oxidation sites excluding steroid dienone is 2. The van der Waals surface area contributed by atoms with Crippen LogP contribution in [0.4, 0.5) is 0 Å². The maximum atomic E-state index is 11.5. The van der Waals surface area contributed by atoms with Gasteiger partial charge in [-0.2, -0.15) is 0 Å². The van der Waals surface area contributed by atoms with Crippen LogP contribution in [0.3, 0.4) is 0 Å². The topological polar surface area (TPSA) is 34.9 Å². The summed E-state index contributed by atoms with van der Waals surface area (Å²) in [6.07, 6.45) is 3.87. The third-order valence-corrected chi connectivity index (χ3v) is 3.36. The van der Waals surface area contributed by atoms with Crippen molar-refractivity contribution in [3.8, 4) is 0 Å². The molecule has 1 aliphatic rings. The van der Waals surface area contributed by atoms with Crippen molar-refractivity contribution in [3.05, 3.63) is 22.2 Å². The molecule has 15 heavy (non-hydrogen) atoms. The van der Waals surface area contributed by atoms with Gasteiger partial charge in [-0.1, -0.05) is 23.2 Å². The van der Waals surface area contributed by atoms with Crippen molar-refractivity contribution in [3.63, 3.8) is 0 Å². The number of carbonyl (C=O) groups excluding carboxylic acids is 1. The van der Waals surface area contributed by atoms with Gasteiger partial charge >= 0.3 is 0 Å². The van der Waals surface area contributed by atoms with E-state index in [4.69, 9.17) is 23.2 Å². The molecule has 0 radical (unpaired) electrons. The molecule has 0 N–H and O–H groups in total. The number of rotatable bonds is 1. The van der Waals surface area contributed by atoms with Crippen molar-refractivity contribution in [2.75, 3.05) is 0 Å². The van der Waals surface area contributed by atoms with Crippen LogP contribution in [-0.4, -0.2) is 15.3 Å². The highest BCUT2D eigenvalue weighted by molar-refractivity contribution is 6.40. The Morgan fingerprint density at radius 1 is 1.40 bits per heavy atom. The fourth-order valence-corrected chi connectivity index (χ4v) is 2.08. The number of halogens is 2. The van der Waals surface area contributed by atoms with Gasteiger partial charge in [0.1, 0.15) is 6.33 Å². The van der Waals surface area contributed by atoms with E-state index in [9.17, 15) is 4.79 Å². The molecule has 1 heterocycles. The average Bonchev–Trinajstić information content (AvgIpc) is 2.53. The number of carbonyl (C=O) groups is 1. The molecule has 0 fully saturated rings. The zero-order valence-electron chi connectivity index (χ0n) is 8.26. The van der Waals surface area contributed by atoms with Gasteiger partial charge in [0, 0.05) is 17.7 Å². The molecule has 0 amide bonds. The summed E-state index contributed by atoms with van der Waals surface area (Å²) in [5, 5.41) is 0.649. The first-order chi connectivity index (χ1) is 7.11. The number of Topliss-reactive ketones (excluding diaryl/α,β-unsaturated/α-hetero) is 1. The van der Waals surface area contributed by atoms with Gasteiger partial charge in [-0.05, 0) is 19.8 Å². The summed E-state index contributed by atoms with van der Waals surface area (Å²) in [4.78, 5) is 15.4. The molecule has 0 spiro atoms. The van der Waals surface area contributed by atoms with Crippen molar-refractivity contribution in [1.82, 2.24) is 9.55 Å². The second-order valence-electron chi connectivity index (χ2n) is 3.54. The van der Waals surface area contributed by atoms with Gasteiger partial charge in [-0.3, -0.25) is 9.36 Å². The Balaban J connectivity index is 2.51. The zero-order valence-corrected chi connectivity index (χ0v) is 9.77. The Hall–Kier alpha value is -0.800. The van der Waals surface area contributed by atoms with E-state index in [0.717, 1.165) is 24.1 Å². The Kier molecular flexibility index (Phi) is 2.85. The lowest BCUT2D eigenvalue weighted by molar-refractivity contribution is -0.115. The van der Waals surface area contributed by atoms with Crippen LogP contribution >= 0.6 is 23.2 Å². The van der Waals surface area contributed by atoms with Gasteiger partial charge in [0.2, 0.25) is 0 Å². The highest BCUT2D eigenvalue weighted by Gasteiger charge is 2.20. The fourth-order valence-electron chi connectivity index (χ4n) is 1.75. The smallest absolute Gasteiger partial charge is 0.166 e. The van der Waals surface area contributed by atoms with Gasteiger partial charge in [-0.15, -0.1) is 0 Å². The van der Waals surface area contributed by atoms with Crippen LogP contribution in [0.15, 0.2) is 11.9 Å². The first-order valence-corrected chi connectivity index (χ1v) is 5.48. The lowest BCUT2D eigenvalue weighted by Crippen LogP contribution is -2.12. The Morgan fingerprint density at radius 3 is 2.73 bits per heavy atom.